The van der Waals surface area contributed by atoms with Crippen molar-refractivity contribution in [2.75, 3.05) is 20.6 Å². The van der Waals surface area contributed by atoms with Gasteiger partial charge in [0.05, 0.1) is 20.6 Å². The number of nitrogens with zero attached hydrogens (tertiary/aromatic N) is 1. The maximum absolute atomic E-state index is 3.93. The van der Waals surface area contributed by atoms with Gasteiger partial charge in [-0.15, -0.1) is 6.58 Å². The van der Waals surface area contributed by atoms with Gasteiger partial charge in [-0.1, -0.05) is 30.3 Å². The number of quaternary nitrogens is 1. The fourth-order valence-electron chi connectivity index (χ4n) is 3.76. The molecule has 1 heterocycles. The first-order valence-corrected chi connectivity index (χ1v) is 6.85. The van der Waals surface area contributed by atoms with Gasteiger partial charge in [0.1, 0.15) is 6.04 Å². The Kier molecular flexibility index (Phi) is 2.67. The zero-order valence-electron chi connectivity index (χ0n) is 11.4. The zero-order valence-corrected chi connectivity index (χ0v) is 11.4. The Balaban J connectivity index is 2.04. The lowest BCUT2D eigenvalue weighted by atomic mass is 9.82. The normalized spacial score (nSPS) is 28.2. The molecule has 1 saturated heterocycles. The Hall–Kier alpha value is -1.34. The van der Waals surface area contributed by atoms with Crippen LogP contribution in [-0.2, 0) is 6.42 Å². The van der Waals surface area contributed by atoms with Crippen molar-refractivity contribution in [1.82, 2.24) is 0 Å². The van der Waals surface area contributed by atoms with Crippen LogP contribution < -0.4 is 0 Å². The minimum absolute atomic E-state index is 0.626. The van der Waals surface area contributed by atoms with Crippen LogP contribution in [0.25, 0.3) is 6.08 Å². The zero-order chi connectivity index (χ0) is 12.8. The van der Waals surface area contributed by atoms with Gasteiger partial charge in [-0.25, -0.2) is 0 Å². The van der Waals surface area contributed by atoms with Crippen LogP contribution in [0, 0.1) is 5.92 Å². The van der Waals surface area contributed by atoms with E-state index in [-0.39, 0.29) is 0 Å². The van der Waals surface area contributed by atoms with Gasteiger partial charge in [0.2, 0.25) is 0 Å². The van der Waals surface area contributed by atoms with Crippen molar-refractivity contribution in [3.63, 3.8) is 0 Å². The first-order chi connectivity index (χ1) is 8.62. The molecule has 1 aliphatic carbocycles. The molecule has 2 atom stereocenters. The molecule has 1 fully saturated rings. The number of fused-ring (bicyclic) bond motifs is 2. The van der Waals surface area contributed by atoms with Gasteiger partial charge < -0.3 is 4.48 Å². The monoisotopic (exact) mass is 240 g/mol. The molecule has 0 radical (unpaired) electrons. The van der Waals surface area contributed by atoms with E-state index in [9.17, 15) is 0 Å². The quantitative estimate of drug-likeness (QED) is 0.550. The smallest absolute Gasteiger partial charge is 0.114 e. The lowest BCUT2D eigenvalue weighted by molar-refractivity contribution is -0.900. The van der Waals surface area contributed by atoms with E-state index in [2.05, 4.69) is 57.1 Å². The minimum atomic E-state index is 0.626. The molecule has 1 aromatic carbocycles. The van der Waals surface area contributed by atoms with E-state index in [1.54, 1.807) is 5.57 Å². The van der Waals surface area contributed by atoms with Gasteiger partial charge in [-0.3, -0.25) is 0 Å². The van der Waals surface area contributed by atoms with Gasteiger partial charge in [-0.05, 0) is 29.2 Å². The van der Waals surface area contributed by atoms with Crippen molar-refractivity contribution >= 4 is 6.08 Å². The Morgan fingerprint density at radius 2 is 2.11 bits per heavy atom. The third-order valence-electron chi connectivity index (χ3n) is 4.62. The van der Waals surface area contributed by atoms with Crippen LogP contribution in [0.15, 0.2) is 42.5 Å². The highest BCUT2D eigenvalue weighted by Crippen LogP contribution is 2.41. The molecular formula is C17H22N+. The summed E-state index contributed by atoms with van der Waals surface area (Å²) in [7, 11) is 4.72. The molecule has 0 bridgehead atoms. The molecule has 1 nitrogen and oxygen atoms in total. The summed E-state index contributed by atoms with van der Waals surface area (Å²) in [6.45, 7) is 5.20. The van der Waals surface area contributed by atoms with Crippen LogP contribution >= 0.6 is 0 Å². The van der Waals surface area contributed by atoms with E-state index < -0.39 is 0 Å². The Bertz CT molecular complexity index is 510. The van der Waals surface area contributed by atoms with E-state index in [1.807, 2.05) is 0 Å². The van der Waals surface area contributed by atoms with Crippen LogP contribution in [0.1, 0.15) is 17.5 Å². The van der Waals surface area contributed by atoms with Gasteiger partial charge >= 0.3 is 0 Å². The van der Waals surface area contributed by atoms with Gasteiger partial charge in [-0.2, -0.15) is 0 Å². The predicted octanol–water partition coefficient (Wildman–Crippen LogP) is 3.28. The number of likely N-dealkylation sites (N-methyl/N-ethyl adjacent to an activating group) is 1. The highest BCUT2D eigenvalue weighted by molar-refractivity contribution is 5.61. The molecule has 0 saturated carbocycles. The summed E-state index contributed by atoms with van der Waals surface area (Å²) in [5.74, 6) is 0.736. The molecule has 0 aromatic heterocycles. The molecule has 2 unspecified atom stereocenters. The predicted molar refractivity (Wildman–Crippen MR) is 77.2 cm³/mol. The molecule has 18 heavy (non-hydrogen) atoms. The van der Waals surface area contributed by atoms with E-state index in [1.165, 1.54) is 24.1 Å². The van der Waals surface area contributed by atoms with E-state index in [0.717, 1.165) is 16.8 Å². The second kappa shape index (κ2) is 4.10. The van der Waals surface area contributed by atoms with E-state index in [4.69, 9.17) is 0 Å². The summed E-state index contributed by atoms with van der Waals surface area (Å²) in [4.78, 5) is 0. The third-order valence-corrected chi connectivity index (χ3v) is 4.62. The second-order valence-electron chi connectivity index (χ2n) is 6.25. The summed E-state index contributed by atoms with van der Waals surface area (Å²) in [5.41, 5.74) is 4.60. The first kappa shape index (κ1) is 11.7. The van der Waals surface area contributed by atoms with Crippen molar-refractivity contribution in [3.05, 3.63) is 53.6 Å². The van der Waals surface area contributed by atoms with Crippen LogP contribution in [0.5, 0.6) is 0 Å². The topological polar surface area (TPSA) is 0 Å². The van der Waals surface area contributed by atoms with E-state index >= 15 is 0 Å². The fraction of sp³-hybridized carbons (Fsp3) is 0.412. The minimum Gasteiger partial charge on any atom is -0.322 e. The van der Waals surface area contributed by atoms with Gasteiger partial charge in [0, 0.05) is 12.3 Å². The number of hydrogen-bond acceptors (Lipinski definition) is 0. The van der Waals surface area contributed by atoms with Crippen molar-refractivity contribution in [3.8, 4) is 0 Å². The number of likely N-dealkylation sites (tertiary alicyclic amines) is 1. The standard InChI is InChI=1S/C17H22N/c1-4-7-17-16-11-14-9-6-5-8-13(14)10-15(16)12-18(17,2)3/h4-6,8-9,11,15,17H,1,7,10,12H2,2-3H3/q+1. The number of benzene rings is 1. The number of hydrogen-bond donors (Lipinski definition) is 0. The summed E-state index contributed by atoms with van der Waals surface area (Å²) >= 11 is 0. The molecule has 1 heteroatoms. The van der Waals surface area contributed by atoms with Crippen LogP contribution in [0.2, 0.25) is 0 Å². The maximum Gasteiger partial charge on any atom is 0.114 e. The van der Waals surface area contributed by atoms with Crippen molar-refractivity contribution in [1.29, 1.82) is 0 Å². The third kappa shape index (κ3) is 1.74. The first-order valence-electron chi connectivity index (χ1n) is 6.85. The largest absolute Gasteiger partial charge is 0.322 e. The van der Waals surface area contributed by atoms with Crippen molar-refractivity contribution in [2.24, 2.45) is 5.92 Å². The molecule has 0 amide bonds. The summed E-state index contributed by atoms with van der Waals surface area (Å²) in [5, 5.41) is 0. The van der Waals surface area contributed by atoms with E-state index in [0.29, 0.717) is 6.04 Å². The summed E-state index contributed by atoms with van der Waals surface area (Å²) < 4.78 is 1.11. The molecule has 94 valence electrons. The summed E-state index contributed by atoms with van der Waals surface area (Å²) in [6.07, 6.45) is 6.84. The average molecular weight is 240 g/mol. The van der Waals surface area contributed by atoms with Crippen LogP contribution in [0.3, 0.4) is 0 Å². The molecular weight excluding hydrogens is 218 g/mol. The van der Waals surface area contributed by atoms with Crippen LogP contribution in [0.4, 0.5) is 0 Å². The van der Waals surface area contributed by atoms with Gasteiger partial charge in [0.25, 0.3) is 0 Å². The molecule has 1 aromatic rings. The Morgan fingerprint density at radius 3 is 2.89 bits per heavy atom. The SMILES string of the molecule is C=CCC1C2=Cc3ccccc3CC2C[N+]1(C)C. The average Bonchev–Trinajstić information content (AvgIpc) is 2.58. The van der Waals surface area contributed by atoms with Crippen molar-refractivity contribution in [2.45, 2.75) is 18.9 Å². The van der Waals surface area contributed by atoms with Crippen LogP contribution in [-0.4, -0.2) is 31.2 Å². The summed E-state index contributed by atoms with van der Waals surface area (Å²) in [6, 6.07) is 9.47. The lowest BCUT2D eigenvalue weighted by Crippen LogP contribution is -2.44. The molecule has 2 aliphatic rings. The second-order valence-corrected chi connectivity index (χ2v) is 6.25. The highest BCUT2D eigenvalue weighted by atomic mass is 15.4. The molecule has 0 N–H and O–H groups in total. The van der Waals surface area contributed by atoms with Gasteiger partial charge in [0.15, 0.2) is 0 Å². The Labute approximate surface area is 110 Å². The van der Waals surface area contributed by atoms with Crippen molar-refractivity contribution < 1.29 is 4.48 Å². The highest BCUT2D eigenvalue weighted by Gasteiger charge is 2.45. The lowest BCUT2D eigenvalue weighted by Gasteiger charge is -2.31. The molecule has 0 spiro atoms. The Morgan fingerprint density at radius 1 is 1.33 bits per heavy atom. The maximum atomic E-state index is 3.93. The molecule has 3 rings (SSSR count). The number of rotatable bonds is 2. The molecule has 1 aliphatic heterocycles. The fourth-order valence-corrected chi connectivity index (χ4v) is 3.76.